The van der Waals surface area contributed by atoms with Gasteiger partial charge in [-0.15, -0.1) is 0 Å². The molecule has 0 radical (unpaired) electrons. The van der Waals surface area contributed by atoms with Crippen molar-refractivity contribution in [3.63, 3.8) is 0 Å². The van der Waals surface area contributed by atoms with Gasteiger partial charge in [0.05, 0.1) is 23.7 Å². The van der Waals surface area contributed by atoms with Gasteiger partial charge in [0, 0.05) is 31.2 Å². The normalized spacial score (nSPS) is 17.3. The fraction of sp³-hybridized carbons (Fsp3) is 0.407. The van der Waals surface area contributed by atoms with Crippen LogP contribution < -0.4 is 15.2 Å². The number of aromatic nitrogens is 2. The Bertz CT molecular complexity index is 1380. The molecule has 0 atom stereocenters. The minimum Gasteiger partial charge on any atom is -0.483 e. The van der Waals surface area contributed by atoms with E-state index in [9.17, 15) is 13.2 Å². The highest BCUT2D eigenvalue weighted by atomic mass is 35.5. The van der Waals surface area contributed by atoms with Crippen molar-refractivity contribution in [2.24, 2.45) is 0 Å². The Morgan fingerprint density at radius 2 is 1.70 bits per heavy atom. The SMILES string of the molecule is O=c1c(OC2CCCC2)c(N2CCN(S(=O)(=O)CCc3ccccc3)CC2)cnn1-c1cccc(Cl)c1. The molecule has 2 heterocycles. The van der Waals surface area contributed by atoms with Crippen molar-refractivity contribution in [2.45, 2.75) is 38.2 Å². The molecule has 0 N–H and O–H groups in total. The molecule has 1 saturated carbocycles. The molecule has 1 aliphatic carbocycles. The Morgan fingerprint density at radius 1 is 0.973 bits per heavy atom. The molecule has 2 aromatic carbocycles. The number of nitrogens with zero attached hydrogens (tertiary/aromatic N) is 4. The van der Waals surface area contributed by atoms with Crippen molar-refractivity contribution in [1.29, 1.82) is 0 Å². The highest BCUT2D eigenvalue weighted by Crippen LogP contribution is 2.30. The number of piperazine rings is 1. The van der Waals surface area contributed by atoms with Gasteiger partial charge in [-0.2, -0.15) is 14.1 Å². The highest BCUT2D eigenvalue weighted by molar-refractivity contribution is 7.89. The zero-order chi connectivity index (χ0) is 25.8. The van der Waals surface area contributed by atoms with Gasteiger partial charge >= 0.3 is 5.56 Å². The molecule has 0 bridgehead atoms. The van der Waals surface area contributed by atoms with Gasteiger partial charge in [0.15, 0.2) is 0 Å². The zero-order valence-corrected chi connectivity index (χ0v) is 22.2. The fourth-order valence-corrected chi connectivity index (χ4v) is 6.61. The summed E-state index contributed by atoms with van der Waals surface area (Å²) in [6.07, 6.45) is 6.08. The lowest BCUT2D eigenvalue weighted by Gasteiger charge is -2.36. The van der Waals surface area contributed by atoms with Gasteiger partial charge in [0.1, 0.15) is 5.69 Å². The quantitative estimate of drug-likeness (QED) is 0.429. The van der Waals surface area contributed by atoms with Crippen molar-refractivity contribution in [3.05, 3.63) is 81.7 Å². The lowest BCUT2D eigenvalue weighted by Crippen LogP contribution is -2.50. The first-order chi connectivity index (χ1) is 17.9. The summed E-state index contributed by atoms with van der Waals surface area (Å²) in [7, 11) is -3.39. The molecule has 3 aromatic rings. The van der Waals surface area contributed by atoms with Gasteiger partial charge in [-0.05, 0) is 55.9 Å². The molecule has 2 fully saturated rings. The fourth-order valence-electron chi connectivity index (χ4n) is 4.96. The third kappa shape index (κ3) is 6.00. The zero-order valence-electron chi connectivity index (χ0n) is 20.6. The van der Waals surface area contributed by atoms with Gasteiger partial charge in [-0.1, -0.05) is 48.0 Å². The Morgan fingerprint density at radius 3 is 2.41 bits per heavy atom. The molecule has 8 nitrogen and oxygen atoms in total. The van der Waals surface area contributed by atoms with E-state index in [-0.39, 0.29) is 23.2 Å². The maximum Gasteiger partial charge on any atom is 0.316 e. The van der Waals surface area contributed by atoms with Crippen LogP contribution in [-0.4, -0.2) is 60.5 Å². The second-order valence-corrected chi connectivity index (χ2v) is 12.0. The van der Waals surface area contributed by atoms with Crippen LogP contribution >= 0.6 is 11.6 Å². The molecule has 196 valence electrons. The summed E-state index contributed by atoms with van der Waals surface area (Å²) >= 11 is 6.15. The van der Waals surface area contributed by atoms with Crippen molar-refractivity contribution in [3.8, 4) is 11.4 Å². The third-order valence-electron chi connectivity index (χ3n) is 7.02. The first kappa shape index (κ1) is 25.8. The molecule has 1 aromatic heterocycles. The first-order valence-corrected chi connectivity index (χ1v) is 14.7. The van der Waals surface area contributed by atoms with Crippen LogP contribution in [-0.2, 0) is 16.4 Å². The summed E-state index contributed by atoms with van der Waals surface area (Å²) in [4.78, 5) is 15.6. The number of rotatable bonds is 8. The molecule has 1 aliphatic heterocycles. The molecule has 0 spiro atoms. The Balaban J connectivity index is 1.34. The summed E-state index contributed by atoms with van der Waals surface area (Å²) in [5, 5.41) is 4.93. The van der Waals surface area contributed by atoms with Crippen molar-refractivity contribution < 1.29 is 13.2 Å². The highest BCUT2D eigenvalue weighted by Gasteiger charge is 2.30. The first-order valence-electron chi connectivity index (χ1n) is 12.7. The molecular formula is C27H31ClN4O4S. The lowest BCUT2D eigenvalue weighted by molar-refractivity contribution is 0.205. The Hall–Kier alpha value is -2.88. The standard InChI is InChI=1S/C27H31ClN4O4S/c28-22-9-6-10-23(19-22)32-27(33)26(36-24-11-4-5-12-24)25(20-29-32)30-14-16-31(17-15-30)37(34,35)18-13-21-7-2-1-3-8-21/h1-3,6-10,19-20,24H,4-5,11-18H2. The van der Waals surface area contributed by atoms with Gasteiger partial charge in [0.2, 0.25) is 15.8 Å². The van der Waals surface area contributed by atoms with Gasteiger partial charge in [-0.3, -0.25) is 4.79 Å². The van der Waals surface area contributed by atoms with E-state index in [1.807, 2.05) is 35.2 Å². The summed E-state index contributed by atoms with van der Waals surface area (Å²) in [6.45, 7) is 1.59. The number of hydrogen-bond acceptors (Lipinski definition) is 6. The maximum atomic E-state index is 13.6. The van der Waals surface area contributed by atoms with Crippen LogP contribution in [0, 0.1) is 0 Å². The van der Waals surface area contributed by atoms with E-state index in [1.165, 1.54) is 4.68 Å². The van der Waals surface area contributed by atoms with Crippen molar-refractivity contribution in [1.82, 2.24) is 14.1 Å². The lowest BCUT2D eigenvalue weighted by atomic mass is 10.2. The van der Waals surface area contributed by atoms with E-state index >= 15 is 0 Å². The number of anilines is 1. The number of sulfonamides is 1. The van der Waals surface area contributed by atoms with Crippen LogP contribution in [0.2, 0.25) is 5.02 Å². The smallest absolute Gasteiger partial charge is 0.316 e. The number of halogens is 1. The third-order valence-corrected chi connectivity index (χ3v) is 9.13. The molecule has 10 heteroatoms. The van der Waals surface area contributed by atoms with Gasteiger partial charge in [-0.25, -0.2) is 8.42 Å². The van der Waals surface area contributed by atoms with E-state index < -0.39 is 10.0 Å². The van der Waals surface area contributed by atoms with Crippen LogP contribution in [0.1, 0.15) is 31.2 Å². The van der Waals surface area contributed by atoms with E-state index in [0.717, 1.165) is 31.2 Å². The molecule has 5 rings (SSSR count). The van der Waals surface area contributed by atoms with Gasteiger partial charge in [0.25, 0.3) is 0 Å². The second kappa shape index (κ2) is 11.2. The summed E-state index contributed by atoms with van der Waals surface area (Å²) in [6, 6.07) is 16.6. The van der Waals surface area contributed by atoms with Crippen LogP contribution in [0.3, 0.4) is 0 Å². The monoisotopic (exact) mass is 542 g/mol. The van der Waals surface area contributed by atoms with Crippen LogP contribution in [0.5, 0.6) is 5.75 Å². The summed E-state index contributed by atoms with van der Waals surface area (Å²) < 4.78 is 35.1. The number of benzene rings is 2. The predicted octanol–water partition coefficient (Wildman–Crippen LogP) is 3.90. The minimum atomic E-state index is -3.39. The van der Waals surface area contributed by atoms with Crippen LogP contribution in [0.25, 0.3) is 5.69 Å². The summed E-state index contributed by atoms with van der Waals surface area (Å²) in [5.74, 6) is 0.340. The molecule has 1 saturated heterocycles. The maximum absolute atomic E-state index is 13.6. The largest absolute Gasteiger partial charge is 0.483 e. The average molecular weight is 543 g/mol. The Kier molecular flexibility index (Phi) is 7.83. The van der Waals surface area contributed by atoms with Crippen molar-refractivity contribution >= 4 is 27.3 Å². The Labute approximate surface area is 222 Å². The van der Waals surface area contributed by atoms with E-state index in [4.69, 9.17) is 16.3 Å². The predicted molar refractivity (Wildman–Crippen MR) is 145 cm³/mol. The molecular weight excluding hydrogens is 512 g/mol. The summed E-state index contributed by atoms with van der Waals surface area (Å²) in [5.41, 5.74) is 1.83. The van der Waals surface area contributed by atoms with E-state index in [2.05, 4.69) is 5.10 Å². The average Bonchev–Trinajstić information content (AvgIpc) is 3.43. The van der Waals surface area contributed by atoms with Gasteiger partial charge < -0.3 is 9.64 Å². The number of hydrogen-bond donors (Lipinski definition) is 0. The molecule has 0 unspecified atom stereocenters. The minimum absolute atomic E-state index is 0.0127. The molecule has 0 amide bonds. The topological polar surface area (TPSA) is 84.7 Å². The number of ether oxygens (including phenoxy) is 1. The van der Waals surface area contributed by atoms with Crippen LogP contribution in [0.4, 0.5) is 5.69 Å². The molecule has 2 aliphatic rings. The van der Waals surface area contributed by atoms with E-state index in [0.29, 0.717) is 49.0 Å². The van der Waals surface area contributed by atoms with E-state index in [1.54, 1.807) is 34.8 Å². The molecule has 37 heavy (non-hydrogen) atoms. The second-order valence-electron chi connectivity index (χ2n) is 9.52. The number of aryl methyl sites for hydroxylation is 1. The van der Waals surface area contributed by atoms with Crippen LogP contribution in [0.15, 0.2) is 65.6 Å². The van der Waals surface area contributed by atoms with Crippen molar-refractivity contribution in [2.75, 3.05) is 36.8 Å².